The van der Waals surface area contributed by atoms with Crippen LogP contribution in [0.2, 0.25) is 0 Å². The molecule has 0 amide bonds. The van der Waals surface area contributed by atoms with Gasteiger partial charge < -0.3 is 14.4 Å². The first-order chi connectivity index (χ1) is 14.0. The maximum Gasteiger partial charge on any atom is 0.333 e. The zero-order valence-electron chi connectivity index (χ0n) is 18.1. The average Bonchev–Trinajstić information content (AvgIpc) is 3.34. The third-order valence-corrected chi connectivity index (χ3v) is 8.08. The Morgan fingerprint density at radius 1 is 1.37 bits per heavy atom. The average molecular weight is 438 g/mol. The number of likely N-dealkylation sites (tertiary alicyclic amines) is 1. The smallest absolute Gasteiger partial charge is 0.333 e. The van der Waals surface area contributed by atoms with E-state index in [-0.39, 0.29) is 18.1 Å². The fourth-order valence-electron chi connectivity index (χ4n) is 4.28. The van der Waals surface area contributed by atoms with E-state index in [1.54, 1.807) is 26.0 Å². The van der Waals surface area contributed by atoms with Crippen LogP contribution in [0.4, 0.5) is 0 Å². The van der Waals surface area contributed by atoms with Crippen molar-refractivity contribution in [3.8, 4) is 0 Å². The zero-order chi connectivity index (χ0) is 22.1. The Balaban J connectivity index is 1.93. The van der Waals surface area contributed by atoms with Crippen LogP contribution < -0.4 is 0 Å². The molecule has 3 atom stereocenters. The molecule has 0 aromatic carbocycles. The van der Waals surface area contributed by atoms with Gasteiger partial charge in [-0.3, -0.25) is 0 Å². The number of ether oxygens (including phenoxy) is 2. The molecule has 166 valence electrons. The topological polar surface area (TPSA) is 90.0 Å². The van der Waals surface area contributed by atoms with E-state index in [1.165, 1.54) is 12.2 Å². The molecule has 0 aliphatic carbocycles. The van der Waals surface area contributed by atoms with E-state index in [1.807, 2.05) is 13.8 Å². The molecule has 3 heterocycles. The Labute approximate surface area is 178 Å². The molecule has 1 unspecified atom stereocenters. The quantitative estimate of drug-likeness (QED) is 0.343. The van der Waals surface area contributed by atoms with Crippen LogP contribution in [-0.4, -0.2) is 61.1 Å². The van der Waals surface area contributed by atoms with Crippen LogP contribution in [-0.2, 0) is 28.9 Å². The highest BCUT2D eigenvalue weighted by Crippen LogP contribution is 2.40. The van der Waals surface area contributed by atoms with E-state index in [4.69, 9.17) is 9.47 Å². The number of esters is 2. The van der Waals surface area contributed by atoms with Crippen LogP contribution in [0.1, 0.15) is 47.0 Å². The Morgan fingerprint density at radius 3 is 2.60 bits per heavy atom. The first-order valence-electron chi connectivity index (χ1n) is 10.5. The van der Waals surface area contributed by atoms with Crippen molar-refractivity contribution in [2.75, 3.05) is 18.8 Å². The fourth-order valence-corrected chi connectivity index (χ4v) is 6.14. The monoisotopic (exact) mass is 437 g/mol. The standard InChI is InChI=1S/C22H31NO6S/c1-15(2)7-8-20(24)28-19(13-17-16(3)9-12-30(17,26)27)22(4)18(14-21(25)29-22)23-10-5-6-11-23/h7-9,14-15,17,19H,5-6,10-13H2,1-4H3/b8-7+/t17?,19-,22+/m1/s1. The van der Waals surface area contributed by atoms with Crippen molar-refractivity contribution < 1.29 is 27.5 Å². The maximum atomic E-state index is 12.6. The normalized spacial score (nSPS) is 29.3. The van der Waals surface area contributed by atoms with E-state index >= 15 is 0 Å². The number of carbonyl (C=O) groups is 2. The number of sulfone groups is 1. The van der Waals surface area contributed by atoms with Crippen LogP contribution in [0.3, 0.4) is 0 Å². The summed E-state index contributed by atoms with van der Waals surface area (Å²) in [5, 5.41) is -0.764. The van der Waals surface area contributed by atoms with Gasteiger partial charge in [0.1, 0.15) is 6.10 Å². The van der Waals surface area contributed by atoms with Gasteiger partial charge in [-0.1, -0.05) is 31.6 Å². The van der Waals surface area contributed by atoms with Crippen LogP contribution in [0, 0.1) is 5.92 Å². The number of nitrogens with zero attached hydrogens (tertiary/aromatic N) is 1. The van der Waals surface area contributed by atoms with Gasteiger partial charge >= 0.3 is 11.9 Å². The number of allylic oxidation sites excluding steroid dienone is 1. The van der Waals surface area contributed by atoms with Gasteiger partial charge in [-0.15, -0.1) is 0 Å². The summed E-state index contributed by atoms with van der Waals surface area (Å²) in [5.41, 5.74) is 0.155. The van der Waals surface area contributed by atoms with Crippen molar-refractivity contribution in [1.82, 2.24) is 4.90 Å². The lowest BCUT2D eigenvalue weighted by Crippen LogP contribution is -2.50. The summed E-state index contributed by atoms with van der Waals surface area (Å²) < 4.78 is 36.6. The molecule has 7 nitrogen and oxygen atoms in total. The van der Waals surface area contributed by atoms with Gasteiger partial charge in [-0.25, -0.2) is 18.0 Å². The summed E-state index contributed by atoms with van der Waals surface area (Å²) in [7, 11) is -3.37. The maximum absolute atomic E-state index is 12.6. The lowest BCUT2D eigenvalue weighted by molar-refractivity contribution is -0.170. The van der Waals surface area contributed by atoms with Gasteiger partial charge in [0.15, 0.2) is 15.4 Å². The Kier molecular flexibility index (Phi) is 6.45. The minimum Gasteiger partial charge on any atom is -0.454 e. The van der Waals surface area contributed by atoms with Gasteiger partial charge in [-0.2, -0.15) is 0 Å². The van der Waals surface area contributed by atoms with Gasteiger partial charge in [-0.05, 0) is 32.6 Å². The highest BCUT2D eigenvalue weighted by atomic mass is 32.2. The molecule has 0 bridgehead atoms. The van der Waals surface area contributed by atoms with Crippen LogP contribution in [0.25, 0.3) is 0 Å². The first-order valence-corrected chi connectivity index (χ1v) is 12.2. The molecule has 3 rings (SSSR count). The molecule has 30 heavy (non-hydrogen) atoms. The number of rotatable bonds is 7. The number of carbonyl (C=O) groups excluding carboxylic acids is 2. The molecular formula is C22H31NO6S. The van der Waals surface area contributed by atoms with Crippen LogP contribution >= 0.6 is 0 Å². The third-order valence-electron chi connectivity index (χ3n) is 6.02. The Morgan fingerprint density at radius 2 is 2.03 bits per heavy atom. The molecule has 0 spiro atoms. The zero-order valence-corrected chi connectivity index (χ0v) is 18.9. The summed E-state index contributed by atoms with van der Waals surface area (Å²) in [4.78, 5) is 26.9. The third kappa shape index (κ3) is 4.63. The molecule has 3 aliphatic rings. The predicted octanol–water partition coefficient (Wildman–Crippen LogP) is 2.54. The highest BCUT2D eigenvalue weighted by molar-refractivity contribution is 7.92. The molecular weight excluding hydrogens is 406 g/mol. The lowest BCUT2D eigenvalue weighted by Gasteiger charge is -2.38. The lowest BCUT2D eigenvalue weighted by atomic mass is 9.90. The Hall–Kier alpha value is -2.09. The van der Waals surface area contributed by atoms with Gasteiger partial charge in [0.05, 0.1) is 16.7 Å². The van der Waals surface area contributed by atoms with Crippen molar-refractivity contribution >= 4 is 21.8 Å². The van der Waals surface area contributed by atoms with Gasteiger partial charge in [0.2, 0.25) is 0 Å². The highest BCUT2D eigenvalue weighted by Gasteiger charge is 2.52. The number of hydrogen-bond acceptors (Lipinski definition) is 7. The molecule has 1 fully saturated rings. The SMILES string of the molecule is CC1=CCS(=O)(=O)C1C[C@@H](OC(=O)/C=C/C(C)C)[C@@]1(C)OC(=O)C=C1N1CCCC1. The molecule has 0 saturated carbocycles. The number of hydrogen-bond donors (Lipinski definition) is 0. The summed E-state index contributed by atoms with van der Waals surface area (Å²) >= 11 is 0. The van der Waals surface area contributed by atoms with E-state index in [0.29, 0.717) is 5.70 Å². The molecule has 0 aromatic rings. The van der Waals surface area contributed by atoms with Crippen molar-refractivity contribution in [3.63, 3.8) is 0 Å². The molecule has 8 heteroatoms. The molecule has 0 radical (unpaired) electrons. The predicted molar refractivity (Wildman–Crippen MR) is 113 cm³/mol. The van der Waals surface area contributed by atoms with Gasteiger partial charge in [0, 0.05) is 31.7 Å². The molecule has 3 aliphatic heterocycles. The minimum atomic E-state index is -3.37. The van der Waals surface area contributed by atoms with Crippen molar-refractivity contribution in [1.29, 1.82) is 0 Å². The minimum absolute atomic E-state index is 0.0251. The van der Waals surface area contributed by atoms with E-state index < -0.39 is 38.7 Å². The largest absolute Gasteiger partial charge is 0.454 e. The van der Waals surface area contributed by atoms with E-state index in [0.717, 1.165) is 31.5 Å². The van der Waals surface area contributed by atoms with Crippen molar-refractivity contribution in [3.05, 3.63) is 35.6 Å². The first kappa shape index (κ1) is 22.6. The molecule has 0 aromatic heterocycles. The Bertz CT molecular complexity index is 895. The van der Waals surface area contributed by atoms with Gasteiger partial charge in [0.25, 0.3) is 0 Å². The summed E-state index contributed by atoms with van der Waals surface area (Å²) in [6, 6.07) is 0. The summed E-state index contributed by atoms with van der Waals surface area (Å²) in [5.74, 6) is -0.935. The van der Waals surface area contributed by atoms with E-state index in [9.17, 15) is 18.0 Å². The summed E-state index contributed by atoms with van der Waals surface area (Å²) in [6.07, 6.45) is 7.33. The van der Waals surface area contributed by atoms with Crippen LogP contribution in [0.5, 0.6) is 0 Å². The second kappa shape index (κ2) is 8.57. The second-order valence-electron chi connectivity index (χ2n) is 8.78. The number of cyclic esters (lactones) is 1. The second-order valence-corrected chi connectivity index (χ2v) is 11.0. The van der Waals surface area contributed by atoms with Crippen LogP contribution in [0.15, 0.2) is 35.6 Å². The van der Waals surface area contributed by atoms with Crippen molar-refractivity contribution in [2.45, 2.75) is 63.9 Å². The molecule has 0 N–H and O–H groups in total. The van der Waals surface area contributed by atoms with E-state index in [2.05, 4.69) is 4.90 Å². The molecule has 1 saturated heterocycles. The fraction of sp³-hybridized carbons (Fsp3) is 0.636. The summed E-state index contributed by atoms with van der Waals surface area (Å²) in [6.45, 7) is 8.93. The van der Waals surface area contributed by atoms with Crippen molar-refractivity contribution in [2.24, 2.45) is 5.92 Å².